The van der Waals surface area contributed by atoms with Crippen molar-refractivity contribution in [1.82, 2.24) is 34.9 Å². The number of hydrogen-bond acceptors (Lipinski definition) is 6. The van der Waals surface area contributed by atoms with Gasteiger partial charge < -0.3 is 5.32 Å². The molecule has 2 aromatic carbocycles. The molecule has 0 aliphatic carbocycles. The molecule has 0 radical (unpaired) electrons. The van der Waals surface area contributed by atoms with Gasteiger partial charge in [0.1, 0.15) is 24.5 Å². The number of aromatic nitrogens is 7. The summed E-state index contributed by atoms with van der Waals surface area (Å²) in [5, 5.41) is 14.8. The molecule has 0 saturated heterocycles. The standard InChI is InChI=1S/C21H15F3N8/c22-21(23,24)14-6-4-5-13(9-14)17(19-26-12-28-31-19)30-18-16-10-29-32(20(16)27-11-25-18)15-7-2-1-3-8-15/h1-12,17H,(H,25,27,30)(H,26,28,31)/t17-/m0/s1. The van der Waals surface area contributed by atoms with E-state index in [0.29, 0.717) is 28.2 Å². The maximum absolute atomic E-state index is 13.3. The summed E-state index contributed by atoms with van der Waals surface area (Å²) >= 11 is 0. The van der Waals surface area contributed by atoms with Crippen LogP contribution in [0, 0.1) is 0 Å². The Morgan fingerprint density at radius 3 is 2.53 bits per heavy atom. The van der Waals surface area contributed by atoms with Crippen LogP contribution in [-0.2, 0) is 6.18 Å². The van der Waals surface area contributed by atoms with E-state index in [1.54, 1.807) is 16.9 Å². The van der Waals surface area contributed by atoms with E-state index in [2.05, 4.69) is 35.6 Å². The van der Waals surface area contributed by atoms with Gasteiger partial charge in [0.25, 0.3) is 0 Å². The lowest BCUT2D eigenvalue weighted by atomic mass is 10.0. The van der Waals surface area contributed by atoms with E-state index in [4.69, 9.17) is 0 Å². The van der Waals surface area contributed by atoms with E-state index in [0.717, 1.165) is 17.8 Å². The predicted octanol–water partition coefficient (Wildman–Crippen LogP) is 4.15. The van der Waals surface area contributed by atoms with E-state index in [-0.39, 0.29) is 0 Å². The third kappa shape index (κ3) is 3.64. The van der Waals surface area contributed by atoms with Crippen molar-refractivity contribution in [2.75, 3.05) is 5.32 Å². The van der Waals surface area contributed by atoms with Gasteiger partial charge in [-0.25, -0.2) is 19.6 Å². The van der Waals surface area contributed by atoms with Crippen LogP contribution < -0.4 is 5.32 Å². The van der Waals surface area contributed by atoms with Crippen molar-refractivity contribution in [3.05, 3.63) is 90.4 Å². The highest BCUT2D eigenvalue weighted by Crippen LogP contribution is 2.33. The van der Waals surface area contributed by atoms with Crippen molar-refractivity contribution in [2.24, 2.45) is 0 Å². The summed E-state index contributed by atoms with van der Waals surface area (Å²) in [5.74, 6) is 0.738. The maximum Gasteiger partial charge on any atom is 0.416 e. The molecule has 0 bridgehead atoms. The SMILES string of the molecule is FC(F)(F)c1cccc([C@H](Nc2ncnc3c2cnn3-c2ccccc2)c2ncn[nH]2)c1. The molecule has 5 aromatic rings. The first-order valence-electron chi connectivity index (χ1n) is 9.54. The zero-order valence-electron chi connectivity index (χ0n) is 16.3. The molecule has 0 fully saturated rings. The quantitative estimate of drug-likeness (QED) is 0.430. The molecule has 3 aromatic heterocycles. The fourth-order valence-corrected chi connectivity index (χ4v) is 3.41. The predicted molar refractivity (Wildman–Crippen MR) is 110 cm³/mol. The van der Waals surface area contributed by atoms with Crippen molar-refractivity contribution in [1.29, 1.82) is 0 Å². The van der Waals surface area contributed by atoms with Gasteiger partial charge in [-0.3, -0.25) is 5.10 Å². The lowest BCUT2D eigenvalue weighted by molar-refractivity contribution is -0.137. The van der Waals surface area contributed by atoms with Crippen molar-refractivity contribution >= 4 is 16.9 Å². The third-order valence-electron chi connectivity index (χ3n) is 4.90. The Kier molecular flexibility index (Phi) is 4.77. The number of para-hydroxylation sites is 1. The molecule has 5 rings (SSSR count). The van der Waals surface area contributed by atoms with Gasteiger partial charge in [-0.1, -0.05) is 30.3 Å². The minimum Gasteiger partial charge on any atom is -0.355 e. The first-order valence-corrected chi connectivity index (χ1v) is 9.54. The van der Waals surface area contributed by atoms with Crippen LogP contribution in [0.2, 0.25) is 0 Å². The minimum absolute atomic E-state index is 0.339. The number of alkyl halides is 3. The second-order valence-corrected chi connectivity index (χ2v) is 6.92. The van der Waals surface area contributed by atoms with Crippen LogP contribution in [0.5, 0.6) is 0 Å². The molecule has 0 aliphatic rings. The van der Waals surface area contributed by atoms with Crippen LogP contribution in [0.4, 0.5) is 19.0 Å². The van der Waals surface area contributed by atoms with Gasteiger partial charge in [-0.05, 0) is 29.8 Å². The fraction of sp³-hybridized carbons (Fsp3) is 0.0952. The molecule has 0 aliphatic heterocycles. The van der Waals surface area contributed by atoms with Crippen molar-refractivity contribution in [2.45, 2.75) is 12.2 Å². The highest BCUT2D eigenvalue weighted by Gasteiger charge is 2.31. The number of fused-ring (bicyclic) bond motifs is 1. The van der Waals surface area contributed by atoms with E-state index in [9.17, 15) is 13.2 Å². The Bertz CT molecular complexity index is 1350. The average Bonchev–Trinajstić information content (AvgIpc) is 3.48. The monoisotopic (exact) mass is 436 g/mol. The summed E-state index contributed by atoms with van der Waals surface area (Å²) in [6, 6.07) is 13.7. The molecule has 0 amide bonds. The van der Waals surface area contributed by atoms with E-state index in [1.165, 1.54) is 18.7 Å². The largest absolute Gasteiger partial charge is 0.416 e. The van der Waals surface area contributed by atoms with Gasteiger partial charge in [0.05, 0.1) is 22.8 Å². The first kappa shape index (κ1) is 19.7. The Labute approximate surface area is 179 Å². The molecule has 11 heteroatoms. The van der Waals surface area contributed by atoms with E-state index in [1.807, 2.05) is 30.3 Å². The normalized spacial score (nSPS) is 12.7. The summed E-state index contributed by atoms with van der Waals surface area (Å²) in [5.41, 5.74) is 0.954. The van der Waals surface area contributed by atoms with E-state index < -0.39 is 17.8 Å². The van der Waals surface area contributed by atoms with Crippen LogP contribution in [0.15, 0.2) is 73.4 Å². The van der Waals surface area contributed by atoms with Gasteiger partial charge >= 0.3 is 6.18 Å². The van der Waals surface area contributed by atoms with Gasteiger partial charge in [-0.2, -0.15) is 23.4 Å². The first-order chi connectivity index (χ1) is 15.5. The molecule has 160 valence electrons. The molecular formula is C21H15F3N8. The Morgan fingerprint density at radius 2 is 1.78 bits per heavy atom. The number of aromatic amines is 1. The molecule has 32 heavy (non-hydrogen) atoms. The Hall–Kier alpha value is -4.28. The summed E-state index contributed by atoms with van der Waals surface area (Å²) in [6.07, 6.45) is -0.203. The molecule has 0 spiro atoms. The molecule has 2 N–H and O–H groups in total. The highest BCUT2D eigenvalue weighted by atomic mass is 19.4. The molecule has 0 saturated carbocycles. The van der Waals surface area contributed by atoms with Crippen molar-refractivity contribution in [3.63, 3.8) is 0 Å². The number of rotatable bonds is 5. The average molecular weight is 436 g/mol. The van der Waals surface area contributed by atoms with Gasteiger partial charge in [0.15, 0.2) is 11.5 Å². The zero-order chi connectivity index (χ0) is 22.1. The van der Waals surface area contributed by atoms with Crippen LogP contribution in [0.25, 0.3) is 16.7 Å². The highest BCUT2D eigenvalue weighted by molar-refractivity contribution is 5.87. The lowest BCUT2D eigenvalue weighted by Crippen LogP contribution is -2.16. The lowest BCUT2D eigenvalue weighted by Gasteiger charge is -2.19. The smallest absolute Gasteiger partial charge is 0.355 e. The van der Waals surface area contributed by atoms with Crippen LogP contribution >= 0.6 is 0 Å². The van der Waals surface area contributed by atoms with Gasteiger partial charge in [-0.15, -0.1) is 0 Å². The fourth-order valence-electron chi connectivity index (χ4n) is 3.41. The molecule has 0 unspecified atom stereocenters. The third-order valence-corrected chi connectivity index (χ3v) is 4.90. The summed E-state index contributed by atoms with van der Waals surface area (Å²) in [6.45, 7) is 0. The maximum atomic E-state index is 13.3. The number of nitrogens with one attached hydrogen (secondary N) is 2. The topological polar surface area (TPSA) is 97.2 Å². The summed E-state index contributed by atoms with van der Waals surface area (Å²) < 4.78 is 41.5. The number of halogens is 3. The van der Waals surface area contributed by atoms with Crippen LogP contribution in [-0.4, -0.2) is 34.9 Å². The van der Waals surface area contributed by atoms with Crippen molar-refractivity contribution in [3.8, 4) is 5.69 Å². The van der Waals surface area contributed by atoms with Gasteiger partial charge in [0, 0.05) is 0 Å². The number of benzene rings is 2. The van der Waals surface area contributed by atoms with E-state index >= 15 is 0 Å². The second-order valence-electron chi connectivity index (χ2n) is 6.92. The molecule has 3 heterocycles. The summed E-state index contributed by atoms with van der Waals surface area (Å²) in [7, 11) is 0. The zero-order valence-corrected chi connectivity index (χ0v) is 16.3. The Balaban J connectivity index is 1.58. The van der Waals surface area contributed by atoms with Crippen LogP contribution in [0.3, 0.4) is 0 Å². The summed E-state index contributed by atoms with van der Waals surface area (Å²) in [4.78, 5) is 12.8. The van der Waals surface area contributed by atoms with Crippen molar-refractivity contribution < 1.29 is 13.2 Å². The number of H-pyrrole nitrogens is 1. The molecule has 1 atom stereocenters. The number of nitrogens with zero attached hydrogens (tertiary/aromatic N) is 6. The second kappa shape index (κ2) is 7.76. The minimum atomic E-state index is -4.47. The number of hydrogen-bond donors (Lipinski definition) is 2. The molecular weight excluding hydrogens is 421 g/mol. The molecule has 8 nitrogen and oxygen atoms in total. The Morgan fingerprint density at radius 1 is 0.938 bits per heavy atom. The number of anilines is 1. The van der Waals surface area contributed by atoms with Gasteiger partial charge in [0.2, 0.25) is 0 Å². The van der Waals surface area contributed by atoms with Crippen LogP contribution in [0.1, 0.15) is 23.0 Å².